The molecule has 2 amide bonds. The van der Waals surface area contributed by atoms with Gasteiger partial charge in [0.2, 0.25) is 5.91 Å². The normalized spacial score (nSPS) is 22.3. The predicted octanol–water partition coefficient (Wildman–Crippen LogP) is -1.03. The molecule has 4 unspecified atom stereocenters. The second-order valence-electron chi connectivity index (χ2n) is 7.68. The smallest absolute Gasteiger partial charge is 0.252 e. The Balaban J connectivity index is 1.25. The molecular weight excluding hydrogens is 448 g/mol. The van der Waals surface area contributed by atoms with Gasteiger partial charge in [-0.25, -0.2) is 15.0 Å². The van der Waals surface area contributed by atoms with Gasteiger partial charge in [-0.15, -0.1) is 0 Å². The average Bonchev–Trinajstić information content (AvgIpc) is 3.50. The Morgan fingerprint density at radius 1 is 1.18 bits per heavy atom. The molecule has 0 spiro atoms. The zero-order valence-corrected chi connectivity index (χ0v) is 17.4. The number of imidazole rings is 1. The van der Waals surface area contributed by atoms with Gasteiger partial charge in [-0.05, 0) is 12.1 Å². The van der Waals surface area contributed by atoms with Crippen LogP contribution in [0.15, 0.2) is 37.1 Å². The van der Waals surface area contributed by atoms with Crippen LogP contribution in [0.25, 0.3) is 21.9 Å². The summed E-state index contributed by atoms with van der Waals surface area (Å²) in [5, 5.41) is 36.8. The van der Waals surface area contributed by atoms with E-state index in [-0.39, 0.29) is 22.9 Å². The summed E-state index contributed by atoms with van der Waals surface area (Å²) in [5.74, 6) is -1.23. The summed E-state index contributed by atoms with van der Waals surface area (Å²) < 4.78 is 6.94. The summed E-state index contributed by atoms with van der Waals surface area (Å²) in [5.41, 5.74) is 6.74. The summed E-state index contributed by atoms with van der Waals surface area (Å²) in [4.78, 5) is 39.6. The van der Waals surface area contributed by atoms with Gasteiger partial charge in [-0.3, -0.25) is 14.2 Å². The number of fused-ring (bicyclic) bond motifs is 2. The van der Waals surface area contributed by atoms with Crippen LogP contribution in [-0.4, -0.2) is 76.5 Å². The number of carbonyl (C=O) groups excluding carboxylic acids is 2. The van der Waals surface area contributed by atoms with Gasteiger partial charge >= 0.3 is 0 Å². The van der Waals surface area contributed by atoms with E-state index in [1.54, 1.807) is 24.4 Å². The van der Waals surface area contributed by atoms with E-state index in [0.29, 0.717) is 16.5 Å². The highest BCUT2D eigenvalue weighted by Crippen LogP contribution is 2.32. The fourth-order valence-corrected chi connectivity index (χ4v) is 3.88. The summed E-state index contributed by atoms with van der Waals surface area (Å²) in [6, 6.07) is 4.99. The monoisotopic (exact) mass is 468 g/mol. The molecule has 0 saturated carbocycles. The highest BCUT2D eigenvalue weighted by Gasteiger charge is 2.47. The Morgan fingerprint density at radius 2 is 2.00 bits per heavy atom. The number of nitrogens with two attached hydrogens (primary N) is 1. The van der Waals surface area contributed by atoms with Crippen LogP contribution in [0.2, 0.25) is 0 Å². The number of hydrogen-bond acceptors (Lipinski definition) is 10. The first kappa shape index (κ1) is 21.6. The third-order valence-corrected chi connectivity index (χ3v) is 5.57. The largest absolute Gasteiger partial charge is 0.494 e. The van der Waals surface area contributed by atoms with Crippen molar-refractivity contribution >= 4 is 45.3 Å². The number of H-pyrrole nitrogens is 1. The van der Waals surface area contributed by atoms with Gasteiger partial charge in [-0.2, -0.15) is 0 Å². The van der Waals surface area contributed by atoms with Gasteiger partial charge in [0.15, 0.2) is 29.7 Å². The maximum Gasteiger partial charge on any atom is 0.252 e. The first-order chi connectivity index (χ1) is 16.3. The number of aromatic nitrogens is 5. The van der Waals surface area contributed by atoms with Crippen molar-refractivity contribution in [1.82, 2.24) is 29.8 Å². The van der Waals surface area contributed by atoms with Gasteiger partial charge in [0.05, 0.1) is 18.6 Å². The van der Waals surface area contributed by atoms with Gasteiger partial charge in [0, 0.05) is 17.0 Å². The number of nitrogens with one attached hydrogen (secondary N) is 3. The van der Waals surface area contributed by atoms with Crippen molar-refractivity contribution in [3.8, 4) is 5.88 Å². The number of hydrogen-bond donors (Lipinski definition) is 7. The third kappa shape index (κ3) is 3.55. The molecule has 1 aliphatic rings. The standard InChI is InChI=1S/C20H20N8O6/c21-16-12-17(25-6-24-16)28(7-26-12)20-14(31)13(30)15(34-20)19(33)23-5-11(29)27-10-3-1-2-8-9(10)4-22-18(8)32/h1-4,6-7,13-15,20,22,30-32H,5H2,(H,23,33)(H,27,29)(H2,21,24,25). The van der Waals surface area contributed by atoms with Gasteiger partial charge in [0.1, 0.15) is 24.1 Å². The zero-order chi connectivity index (χ0) is 24.0. The molecule has 8 N–H and O–H groups in total. The fourth-order valence-electron chi connectivity index (χ4n) is 3.88. The number of aromatic amines is 1. The molecule has 4 atom stereocenters. The quantitative estimate of drug-likeness (QED) is 0.189. The van der Waals surface area contributed by atoms with E-state index in [2.05, 4.69) is 30.6 Å². The maximum atomic E-state index is 12.6. The zero-order valence-electron chi connectivity index (χ0n) is 17.4. The molecule has 14 heteroatoms. The van der Waals surface area contributed by atoms with Crippen molar-refractivity contribution in [3.05, 3.63) is 37.1 Å². The van der Waals surface area contributed by atoms with Crippen LogP contribution in [0.4, 0.5) is 11.5 Å². The van der Waals surface area contributed by atoms with Crippen LogP contribution in [0.5, 0.6) is 5.88 Å². The van der Waals surface area contributed by atoms with Crippen molar-refractivity contribution in [2.24, 2.45) is 0 Å². The number of aliphatic hydroxyl groups excluding tert-OH is 2. The molecular formula is C20H20N8O6. The molecule has 3 aromatic heterocycles. The Labute approximate surface area is 190 Å². The number of aliphatic hydroxyl groups is 2. The number of nitrogen functional groups attached to an aromatic ring is 1. The van der Waals surface area contributed by atoms with Gasteiger partial charge in [-0.1, -0.05) is 6.07 Å². The van der Waals surface area contributed by atoms with Crippen LogP contribution < -0.4 is 16.4 Å². The first-order valence-corrected chi connectivity index (χ1v) is 10.2. The third-order valence-electron chi connectivity index (χ3n) is 5.57. The lowest BCUT2D eigenvalue weighted by molar-refractivity contribution is -0.138. The lowest BCUT2D eigenvalue weighted by Gasteiger charge is -2.16. The van der Waals surface area contributed by atoms with E-state index in [0.717, 1.165) is 0 Å². The number of amides is 2. The second-order valence-corrected chi connectivity index (χ2v) is 7.68. The highest BCUT2D eigenvalue weighted by atomic mass is 16.6. The fraction of sp³-hybridized carbons (Fsp3) is 0.250. The van der Waals surface area contributed by atoms with Crippen molar-refractivity contribution in [2.75, 3.05) is 17.6 Å². The number of aromatic hydroxyl groups is 1. The van der Waals surface area contributed by atoms with E-state index in [1.165, 1.54) is 17.2 Å². The van der Waals surface area contributed by atoms with Crippen molar-refractivity contribution < 1.29 is 29.6 Å². The minimum atomic E-state index is -1.57. The Hall–Kier alpha value is -4.27. The van der Waals surface area contributed by atoms with E-state index in [4.69, 9.17) is 10.5 Å². The van der Waals surface area contributed by atoms with Crippen molar-refractivity contribution in [3.63, 3.8) is 0 Å². The number of rotatable bonds is 5. The lowest BCUT2D eigenvalue weighted by atomic mass is 10.1. The molecule has 1 aliphatic heterocycles. The SMILES string of the molecule is Nc1ncnc2c1ncn2C1OC(C(=O)NCC(=O)Nc2cccc3c(O)[nH]cc23)C(O)C1O. The first-order valence-electron chi connectivity index (χ1n) is 10.2. The Bertz CT molecular complexity index is 1400. The molecule has 1 fully saturated rings. The number of ether oxygens (including phenoxy) is 1. The van der Waals surface area contributed by atoms with Gasteiger partial charge in [0.25, 0.3) is 5.91 Å². The molecule has 1 saturated heterocycles. The topological polar surface area (TPSA) is 214 Å². The van der Waals surface area contributed by atoms with E-state index in [9.17, 15) is 24.9 Å². The Kier molecular flexibility index (Phi) is 5.24. The number of nitrogens with zero attached hydrogens (tertiary/aromatic N) is 4. The van der Waals surface area contributed by atoms with Crippen molar-refractivity contribution in [2.45, 2.75) is 24.5 Å². The minimum Gasteiger partial charge on any atom is -0.494 e. The summed E-state index contributed by atoms with van der Waals surface area (Å²) in [6.07, 6.45) is -1.60. The number of benzene rings is 1. The average molecular weight is 468 g/mol. The molecule has 0 radical (unpaired) electrons. The van der Waals surface area contributed by atoms with Crippen LogP contribution in [0.1, 0.15) is 6.23 Å². The molecule has 4 heterocycles. The van der Waals surface area contributed by atoms with Crippen LogP contribution in [0.3, 0.4) is 0 Å². The summed E-state index contributed by atoms with van der Waals surface area (Å²) in [6.45, 7) is -0.420. The molecule has 1 aromatic carbocycles. The summed E-state index contributed by atoms with van der Waals surface area (Å²) in [7, 11) is 0. The van der Waals surface area contributed by atoms with Gasteiger partial charge < -0.3 is 41.4 Å². The van der Waals surface area contributed by atoms with E-state index in [1.807, 2.05) is 0 Å². The molecule has 34 heavy (non-hydrogen) atoms. The van der Waals surface area contributed by atoms with E-state index >= 15 is 0 Å². The molecule has 14 nitrogen and oxygen atoms in total. The predicted molar refractivity (Wildman–Crippen MR) is 117 cm³/mol. The lowest BCUT2D eigenvalue weighted by Crippen LogP contribution is -2.45. The molecule has 0 aliphatic carbocycles. The minimum absolute atomic E-state index is 0.0281. The molecule has 176 valence electrons. The molecule has 0 bridgehead atoms. The number of carbonyl (C=O) groups is 2. The Morgan fingerprint density at radius 3 is 2.82 bits per heavy atom. The van der Waals surface area contributed by atoms with Crippen molar-refractivity contribution in [1.29, 1.82) is 0 Å². The van der Waals surface area contributed by atoms with E-state index < -0.39 is 42.9 Å². The second kappa shape index (κ2) is 8.26. The van der Waals surface area contributed by atoms with Crippen LogP contribution >= 0.6 is 0 Å². The van der Waals surface area contributed by atoms with Crippen LogP contribution in [-0.2, 0) is 14.3 Å². The molecule has 5 rings (SSSR count). The highest BCUT2D eigenvalue weighted by molar-refractivity contribution is 6.04. The number of anilines is 2. The summed E-state index contributed by atoms with van der Waals surface area (Å²) >= 11 is 0. The maximum absolute atomic E-state index is 12.6. The molecule has 4 aromatic rings. The van der Waals surface area contributed by atoms with Crippen LogP contribution in [0, 0.1) is 0 Å².